The second kappa shape index (κ2) is 8.82. The quantitative estimate of drug-likeness (QED) is 0.339. The Morgan fingerprint density at radius 3 is 2.18 bits per heavy atom. The summed E-state index contributed by atoms with van der Waals surface area (Å²) in [6, 6.07) is 28.7. The molecular formula is C24H18Cl2OTi. The summed E-state index contributed by atoms with van der Waals surface area (Å²) in [4.78, 5) is 0. The minimum Gasteiger partial charge on any atom is -1.00 e. The van der Waals surface area contributed by atoms with Crippen LogP contribution >= 0.6 is 0 Å². The molecule has 1 aliphatic carbocycles. The van der Waals surface area contributed by atoms with E-state index in [-0.39, 0.29) is 24.8 Å². The molecule has 0 saturated carbocycles. The average molecular weight is 441 g/mol. The third kappa shape index (κ3) is 3.43. The van der Waals surface area contributed by atoms with E-state index in [1.54, 1.807) is 0 Å². The summed E-state index contributed by atoms with van der Waals surface area (Å²) >= 11 is -0.637. The predicted octanol–water partition coefficient (Wildman–Crippen LogP) is -0.645. The third-order valence-corrected chi connectivity index (χ3v) is 6.75. The number of hydrogen-bond donors (Lipinski definition) is 0. The maximum atomic E-state index is 5.70. The first-order valence-corrected chi connectivity index (χ1v) is 10.3. The van der Waals surface area contributed by atoms with E-state index in [0.29, 0.717) is 0 Å². The number of rotatable bonds is 3. The summed E-state index contributed by atoms with van der Waals surface area (Å²) in [6.45, 7) is 0. The summed E-state index contributed by atoms with van der Waals surface area (Å²) in [5.41, 5.74) is 8.35. The van der Waals surface area contributed by atoms with Crippen LogP contribution in [-0.4, -0.2) is 7.11 Å². The van der Waals surface area contributed by atoms with Crippen LogP contribution in [0.1, 0.15) is 11.1 Å². The van der Waals surface area contributed by atoms with E-state index in [9.17, 15) is 0 Å². The molecule has 0 radical (unpaired) electrons. The van der Waals surface area contributed by atoms with Crippen molar-refractivity contribution in [1.29, 1.82) is 0 Å². The molecule has 28 heavy (non-hydrogen) atoms. The van der Waals surface area contributed by atoms with Crippen LogP contribution in [0.2, 0.25) is 0 Å². The molecule has 4 heteroatoms. The molecule has 1 nitrogen and oxygen atoms in total. The zero-order valence-electron chi connectivity index (χ0n) is 15.4. The summed E-state index contributed by atoms with van der Waals surface area (Å²) < 4.78 is 7.10. The van der Waals surface area contributed by atoms with Crippen molar-refractivity contribution < 1.29 is 47.7 Å². The molecule has 5 rings (SSSR count). The van der Waals surface area contributed by atoms with Gasteiger partial charge in [0.15, 0.2) is 0 Å². The van der Waals surface area contributed by atoms with E-state index in [0.717, 1.165) is 6.42 Å². The Labute approximate surface area is 187 Å². The normalized spacial score (nSPS) is 11.0. The van der Waals surface area contributed by atoms with Crippen molar-refractivity contribution in [1.82, 2.24) is 0 Å². The van der Waals surface area contributed by atoms with Crippen molar-refractivity contribution in [2.75, 3.05) is 7.11 Å². The summed E-state index contributed by atoms with van der Waals surface area (Å²) in [7, 11) is 1.83. The number of benzene rings is 4. The summed E-state index contributed by atoms with van der Waals surface area (Å²) in [5.74, 6) is 0. The second-order valence-electron chi connectivity index (χ2n) is 6.68. The Hall–Kier alpha value is -1.61. The molecular weight excluding hydrogens is 423 g/mol. The van der Waals surface area contributed by atoms with Crippen LogP contribution in [0.3, 0.4) is 0 Å². The fourth-order valence-electron chi connectivity index (χ4n) is 4.12. The van der Waals surface area contributed by atoms with Crippen LogP contribution in [0.25, 0.3) is 33.0 Å². The van der Waals surface area contributed by atoms with Crippen molar-refractivity contribution in [3.05, 3.63) is 90.0 Å². The first-order valence-electron chi connectivity index (χ1n) is 8.88. The zero-order chi connectivity index (χ0) is 17.5. The standard InChI is InChI=1S/C23H15.CH3O.2ClH.Ti/c1-2-7-17-14-19(13-12-16(17)6-1)21-10-5-11-22-20-9-4-3-8-18(20)15-23(21)22;1-2;;;/h1-13H,15H2;1H3;2*1H;/q;-1;;;+3/p-2. The van der Waals surface area contributed by atoms with Gasteiger partial charge in [-0.2, -0.15) is 0 Å². The Bertz CT molecular complexity index is 1140. The van der Waals surface area contributed by atoms with Gasteiger partial charge in [0.05, 0.1) is 0 Å². The molecule has 0 atom stereocenters. The number of hydrogen-bond acceptors (Lipinski definition) is 1. The van der Waals surface area contributed by atoms with E-state index >= 15 is 0 Å². The molecule has 138 valence electrons. The van der Waals surface area contributed by atoms with Gasteiger partial charge in [0, 0.05) is 0 Å². The van der Waals surface area contributed by atoms with E-state index in [2.05, 4.69) is 78.9 Å². The van der Waals surface area contributed by atoms with Gasteiger partial charge in [-0.1, -0.05) is 0 Å². The molecule has 0 aromatic heterocycles. The van der Waals surface area contributed by atoms with Crippen LogP contribution in [-0.2, 0) is 29.3 Å². The van der Waals surface area contributed by atoms with E-state index < -0.39 is 19.5 Å². The van der Waals surface area contributed by atoms with Gasteiger partial charge in [0.2, 0.25) is 0 Å². The van der Waals surface area contributed by atoms with Gasteiger partial charge in [0.25, 0.3) is 0 Å². The van der Waals surface area contributed by atoms with Crippen LogP contribution in [0, 0.1) is 0 Å². The number of fused-ring (bicyclic) bond motifs is 4. The molecule has 0 aliphatic heterocycles. The molecule has 0 bridgehead atoms. The zero-order valence-corrected chi connectivity index (χ0v) is 18.5. The summed E-state index contributed by atoms with van der Waals surface area (Å²) in [5, 5.41) is 2.63. The number of halogens is 2. The average Bonchev–Trinajstić information content (AvgIpc) is 3.07. The molecule has 0 spiro atoms. The van der Waals surface area contributed by atoms with Gasteiger partial charge in [0.1, 0.15) is 0 Å². The van der Waals surface area contributed by atoms with Gasteiger partial charge >= 0.3 is 163 Å². The summed E-state index contributed by atoms with van der Waals surface area (Å²) in [6.07, 6.45) is 1.01. The molecule has 1 aliphatic rings. The molecule has 4 aromatic rings. The molecule has 0 unspecified atom stereocenters. The Balaban J connectivity index is 0.00000112. The third-order valence-electron chi connectivity index (χ3n) is 5.27. The van der Waals surface area contributed by atoms with Crippen molar-refractivity contribution in [2.24, 2.45) is 0 Å². The molecule has 0 amide bonds. The maximum absolute atomic E-state index is 5.70. The molecule has 0 saturated heterocycles. The smallest absolute Gasteiger partial charge is 1.00 e. The largest absolute Gasteiger partial charge is 1.00 e. The van der Waals surface area contributed by atoms with Crippen LogP contribution < -0.4 is 28.7 Å². The first kappa shape index (κ1) is 21.1. The fourth-order valence-corrected chi connectivity index (χ4v) is 5.48. The Kier molecular flexibility index (Phi) is 6.65. The second-order valence-corrected chi connectivity index (χ2v) is 8.42. The van der Waals surface area contributed by atoms with Crippen LogP contribution in [0.5, 0.6) is 0 Å². The van der Waals surface area contributed by atoms with E-state index in [4.69, 9.17) is 3.32 Å². The predicted molar refractivity (Wildman–Crippen MR) is 104 cm³/mol. The molecule has 0 N–H and O–H groups in total. The Morgan fingerprint density at radius 2 is 1.36 bits per heavy atom. The van der Waals surface area contributed by atoms with Crippen molar-refractivity contribution in [3.63, 3.8) is 0 Å². The van der Waals surface area contributed by atoms with Crippen molar-refractivity contribution in [2.45, 2.75) is 6.42 Å². The molecule has 0 fully saturated rings. The first-order chi connectivity index (χ1) is 12.9. The molecule has 4 aromatic carbocycles. The van der Waals surface area contributed by atoms with E-state index in [1.807, 2.05) is 7.11 Å². The fraction of sp³-hybridized carbons (Fsp3) is 0.0833. The maximum Gasteiger partial charge on any atom is -1.00 e. The minimum absolute atomic E-state index is 0. The van der Waals surface area contributed by atoms with Crippen LogP contribution in [0.15, 0.2) is 78.9 Å². The van der Waals surface area contributed by atoms with E-state index in [1.165, 1.54) is 48.0 Å². The van der Waals surface area contributed by atoms with Gasteiger partial charge in [-0.15, -0.1) is 0 Å². The minimum atomic E-state index is -0.637. The Morgan fingerprint density at radius 1 is 0.679 bits per heavy atom. The van der Waals surface area contributed by atoms with Gasteiger partial charge in [-0.25, -0.2) is 0 Å². The van der Waals surface area contributed by atoms with Gasteiger partial charge in [-0.3, -0.25) is 0 Å². The van der Waals surface area contributed by atoms with Crippen LogP contribution in [0.4, 0.5) is 0 Å². The van der Waals surface area contributed by atoms with Gasteiger partial charge in [-0.05, 0) is 0 Å². The SMILES string of the molecule is C[O][Ti+2][c]1c(-c2cccc3c2Cc2ccccc2-3)ccc2ccccc12.[Cl-].[Cl-]. The van der Waals surface area contributed by atoms with Crippen molar-refractivity contribution >= 4 is 14.6 Å². The topological polar surface area (TPSA) is 9.23 Å². The molecule has 0 heterocycles. The van der Waals surface area contributed by atoms with Gasteiger partial charge < -0.3 is 24.8 Å². The van der Waals surface area contributed by atoms with Crippen molar-refractivity contribution in [3.8, 4) is 22.3 Å². The monoisotopic (exact) mass is 440 g/mol.